The average Bonchev–Trinajstić information content (AvgIpc) is 1.55. The normalized spacial score (nSPS) is 22.9. The van der Waals surface area contributed by atoms with Crippen molar-refractivity contribution in [1.29, 1.82) is 0 Å². The Morgan fingerprint density at radius 1 is 1.75 bits per heavy atom. The summed E-state index contributed by atoms with van der Waals surface area (Å²) >= 11 is 0. The van der Waals surface area contributed by atoms with Gasteiger partial charge in [0.25, 0.3) is 0 Å². The summed E-state index contributed by atoms with van der Waals surface area (Å²) in [6, 6.07) is 0. The molecule has 0 radical (unpaired) electrons. The molecule has 1 aliphatic rings. The zero-order valence-corrected chi connectivity index (χ0v) is 4.76. The van der Waals surface area contributed by atoms with E-state index in [0.29, 0.717) is 6.79 Å². The van der Waals surface area contributed by atoms with E-state index < -0.39 is 0 Å². The van der Waals surface area contributed by atoms with Gasteiger partial charge in [-0.15, -0.1) is 0 Å². The second kappa shape index (κ2) is 2.15. The van der Waals surface area contributed by atoms with E-state index >= 15 is 0 Å². The molecule has 2 N–H and O–H groups in total. The lowest BCUT2D eigenvalue weighted by atomic mass is 10.4. The van der Waals surface area contributed by atoms with E-state index in [1.807, 2.05) is 0 Å². The fraction of sp³-hybridized carbons (Fsp3) is 0.600. The second-order valence-electron chi connectivity index (χ2n) is 1.73. The van der Waals surface area contributed by atoms with E-state index in [1.54, 1.807) is 13.0 Å². The molecule has 0 saturated carbocycles. The predicted molar refractivity (Wildman–Crippen MR) is 28.8 cm³/mol. The van der Waals surface area contributed by atoms with Gasteiger partial charge >= 0.3 is 0 Å². The van der Waals surface area contributed by atoms with Crippen LogP contribution in [-0.4, -0.2) is 13.1 Å². The van der Waals surface area contributed by atoms with Gasteiger partial charge in [0.15, 0.2) is 13.1 Å². The SMILES string of the molecule is CC(N)=CC1OCO1. The van der Waals surface area contributed by atoms with Gasteiger partial charge in [-0.3, -0.25) is 0 Å². The smallest absolute Gasteiger partial charge is 0.184 e. The Morgan fingerprint density at radius 3 is 2.50 bits per heavy atom. The Hall–Kier alpha value is -0.540. The number of rotatable bonds is 1. The van der Waals surface area contributed by atoms with Crippen LogP contribution in [0.15, 0.2) is 11.8 Å². The van der Waals surface area contributed by atoms with Crippen LogP contribution in [0.5, 0.6) is 0 Å². The number of ether oxygens (including phenoxy) is 2. The number of hydrogen-bond donors (Lipinski definition) is 1. The Labute approximate surface area is 48.1 Å². The first-order valence-corrected chi connectivity index (χ1v) is 2.46. The van der Waals surface area contributed by atoms with E-state index in [2.05, 4.69) is 0 Å². The topological polar surface area (TPSA) is 44.5 Å². The fourth-order valence-corrected chi connectivity index (χ4v) is 0.457. The maximum absolute atomic E-state index is 5.30. The quantitative estimate of drug-likeness (QED) is 0.530. The van der Waals surface area contributed by atoms with Crippen LogP contribution in [0.3, 0.4) is 0 Å². The van der Waals surface area contributed by atoms with Crippen LogP contribution >= 0.6 is 0 Å². The van der Waals surface area contributed by atoms with Gasteiger partial charge < -0.3 is 15.2 Å². The van der Waals surface area contributed by atoms with Crippen molar-refractivity contribution in [3.05, 3.63) is 11.8 Å². The molecule has 1 heterocycles. The predicted octanol–water partition coefficient (Wildman–Crippen LogP) is 0.179. The second-order valence-corrected chi connectivity index (χ2v) is 1.73. The Bertz CT molecular complexity index is 103. The maximum Gasteiger partial charge on any atom is 0.184 e. The third-order valence-electron chi connectivity index (χ3n) is 0.864. The first kappa shape index (κ1) is 5.59. The molecule has 0 amide bonds. The maximum atomic E-state index is 5.30. The standard InChI is InChI=1S/C5H9NO2/c1-4(6)2-5-7-3-8-5/h2,5H,3,6H2,1H3. The first-order chi connectivity index (χ1) is 3.79. The summed E-state index contributed by atoms with van der Waals surface area (Å²) in [6.45, 7) is 2.19. The van der Waals surface area contributed by atoms with Crippen molar-refractivity contribution in [1.82, 2.24) is 0 Å². The van der Waals surface area contributed by atoms with E-state index in [4.69, 9.17) is 15.2 Å². The largest absolute Gasteiger partial charge is 0.402 e. The van der Waals surface area contributed by atoms with Crippen LogP contribution in [0, 0.1) is 0 Å². The molecule has 0 atom stereocenters. The highest BCUT2D eigenvalue weighted by atomic mass is 16.8. The van der Waals surface area contributed by atoms with Crippen LogP contribution in [-0.2, 0) is 9.47 Å². The van der Waals surface area contributed by atoms with Crippen LogP contribution in [0.2, 0.25) is 0 Å². The molecule has 1 aliphatic heterocycles. The summed E-state index contributed by atoms with van der Waals surface area (Å²) in [6.07, 6.45) is 1.55. The third-order valence-corrected chi connectivity index (χ3v) is 0.864. The van der Waals surface area contributed by atoms with Crippen molar-refractivity contribution in [2.24, 2.45) is 5.73 Å². The summed E-state index contributed by atoms with van der Waals surface area (Å²) in [5, 5.41) is 0. The number of hydrogen-bond acceptors (Lipinski definition) is 3. The van der Waals surface area contributed by atoms with Crippen molar-refractivity contribution in [3.8, 4) is 0 Å². The summed E-state index contributed by atoms with van der Waals surface area (Å²) in [5.41, 5.74) is 6.04. The molecule has 3 nitrogen and oxygen atoms in total. The van der Waals surface area contributed by atoms with Gasteiger partial charge in [0.1, 0.15) is 0 Å². The highest BCUT2D eigenvalue weighted by molar-refractivity contribution is 4.94. The molecule has 0 aromatic carbocycles. The van der Waals surface area contributed by atoms with Gasteiger partial charge in [-0.25, -0.2) is 0 Å². The highest BCUT2D eigenvalue weighted by Crippen LogP contribution is 2.07. The molecule has 0 unspecified atom stereocenters. The molecule has 0 spiro atoms. The van der Waals surface area contributed by atoms with Gasteiger partial charge in [0.2, 0.25) is 0 Å². The molecule has 1 saturated heterocycles. The van der Waals surface area contributed by atoms with Crippen LogP contribution in [0.4, 0.5) is 0 Å². The van der Waals surface area contributed by atoms with Gasteiger partial charge in [-0.1, -0.05) is 0 Å². The van der Waals surface area contributed by atoms with Crippen LogP contribution in [0.1, 0.15) is 6.92 Å². The molecular weight excluding hydrogens is 106 g/mol. The van der Waals surface area contributed by atoms with Crippen LogP contribution < -0.4 is 5.73 Å². The molecular formula is C5H9NO2. The molecule has 1 fully saturated rings. The number of allylic oxidation sites excluding steroid dienone is 1. The summed E-state index contributed by atoms with van der Waals surface area (Å²) in [7, 11) is 0. The monoisotopic (exact) mass is 115 g/mol. The lowest BCUT2D eigenvalue weighted by molar-refractivity contribution is -0.296. The Kier molecular flexibility index (Phi) is 1.50. The lowest BCUT2D eigenvalue weighted by Gasteiger charge is -2.23. The van der Waals surface area contributed by atoms with Crippen molar-refractivity contribution in [2.45, 2.75) is 13.2 Å². The molecule has 0 aromatic heterocycles. The fourth-order valence-electron chi connectivity index (χ4n) is 0.457. The Balaban J connectivity index is 2.27. The van der Waals surface area contributed by atoms with Crippen molar-refractivity contribution >= 4 is 0 Å². The summed E-state index contributed by atoms with van der Waals surface area (Å²) in [4.78, 5) is 0. The highest BCUT2D eigenvalue weighted by Gasteiger charge is 2.14. The van der Waals surface area contributed by atoms with Crippen molar-refractivity contribution in [3.63, 3.8) is 0 Å². The minimum Gasteiger partial charge on any atom is -0.402 e. The van der Waals surface area contributed by atoms with Gasteiger partial charge in [0.05, 0.1) is 0 Å². The zero-order chi connectivity index (χ0) is 5.98. The van der Waals surface area contributed by atoms with Crippen LogP contribution in [0.25, 0.3) is 0 Å². The molecule has 46 valence electrons. The van der Waals surface area contributed by atoms with Gasteiger partial charge in [-0.2, -0.15) is 0 Å². The first-order valence-electron chi connectivity index (χ1n) is 2.46. The average molecular weight is 115 g/mol. The molecule has 3 heteroatoms. The lowest BCUT2D eigenvalue weighted by Crippen LogP contribution is -2.28. The molecule has 0 aromatic rings. The number of nitrogens with two attached hydrogens (primary N) is 1. The van der Waals surface area contributed by atoms with Crippen molar-refractivity contribution in [2.75, 3.05) is 6.79 Å². The van der Waals surface area contributed by atoms with E-state index in [-0.39, 0.29) is 6.29 Å². The summed E-state index contributed by atoms with van der Waals surface area (Å²) < 4.78 is 9.73. The molecule has 1 rings (SSSR count). The van der Waals surface area contributed by atoms with Gasteiger partial charge in [-0.05, 0) is 13.0 Å². The zero-order valence-electron chi connectivity index (χ0n) is 4.76. The Morgan fingerprint density at radius 2 is 2.38 bits per heavy atom. The minimum atomic E-state index is -0.181. The molecule has 0 aliphatic carbocycles. The third kappa shape index (κ3) is 1.21. The van der Waals surface area contributed by atoms with E-state index in [1.165, 1.54) is 0 Å². The van der Waals surface area contributed by atoms with E-state index in [9.17, 15) is 0 Å². The van der Waals surface area contributed by atoms with Crippen molar-refractivity contribution < 1.29 is 9.47 Å². The molecule has 0 bridgehead atoms. The minimum absolute atomic E-state index is 0.181. The van der Waals surface area contributed by atoms with Gasteiger partial charge in [0, 0.05) is 5.70 Å². The molecule has 8 heavy (non-hydrogen) atoms. The van der Waals surface area contributed by atoms with E-state index in [0.717, 1.165) is 5.70 Å². The summed E-state index contributed by atoms with van der Waals surface area (Å²) in [5.74, 6) is 0.